The molecule has 0 atom stereocenters. The summed E-state index contributed by atoms with van der Waals surface area (Å²) in [5.74, 6) is 0.275. The lowest BCUT2D eigenvalue weighted by Crippen LogP contribution is -2.28. The predicted molar refractivity (Wildman–Crippen MR) is 101 cm³/mol. The average molecular weight is 366 g/mol. The fourth-order valence-electron chi connectivity index (χ4n) is 3.10. The molecule has 1 aliphatic heterocycles. The minimum absolute atomic E-state index is 0.135. The minimum Gasteiger partial charge on any atom is -0.496 e. The number of nitrogens with zero attached hydrogens (tertiary/aromatic N) is 1. The second-order valence-electron chi connectivity index (χ2n) is 6.61. The van der Waals surface area contributed by atoms with Crippen molar-refractivity contribution >= 4 is 23.4 Å². The molecule has 27 heavy (non-hydrogen) atoms. The van der Waals surface area contributed by atoms with Gasteiger partial charge in [0.15, 0.2) is 0 Å². The summed E-state index contributed by atoms with van der Waals surface area (Å²) in [5, 5.41) is 2.86. The molecule has 6 nitrogen and oxygen atoms in total. The number of ether oxygens (including phenoxy) is 1. The summed E-state index contributed by atoms with van der Waals surface area (Å²) < 4.78 is 5.31. The van der Waals surface area contributed by atoms with E-state index in [1.165, 1.54) is 4.90 Å². The molecule has 2 aromatic rings. The zero-order chi connectivity index (χ0) is 19.4. The van der Waals surface area contributed by atoms with E-state index in [0.29, 0.717) is 11.4 Å². The van der Waals surface area contributed by atoms with Crippen LogP contribution < -0.4 is 10.1 Å². The normalized spacial score (nSPS) is 13.8. The molecule has 0 aromatic heterocycles. The quantitative estimate of drug-likeness (QED) is 0.798. The Morgan fingerprint density at radius 1 is 1.07 bits per heavy atom. The van der Waals surface area contributed by atoms with E-state index in [9.17, 15) is 14.4 Å². The van der Waals surface area contributed by atoms with Crippen molar-refractivity contribution < 1.29 is 19.1 Å². The number of amides is 3. The molecule has 6 heteroatoms. The van der Waals surface area contributed by atoms with Crippen LogP contribution in [-0.4, -0.2) is 29.7 Å². The van der Waals surface area contributed by atoms with Gasteiger partial charge in [0.25, 0.3) is 0 Å². The second kappa shape index (κ2) is 8.03. The average Bonchev–Trinajstić information content (AvgIpc) is 2.95. The molecule has 3 amide bonds. The van der Waals surface area contributed by atoms with Crippen molar-refractivity contribution in [3.8, 4) is 5.75 Å². The third-order valence-corrected chi connectivity index (χ3v) is 4.52. The lowest BCUT2D eigenvalue weighted by Gasteiger charge is -2.14. The summed E-state index contributed by atoms with van der Waals surface area (Å²) in [7, 11) is 1.58. The Morgan fingerprint density at radius 3 is 2.37 bits per heavy atom. The highest BCUT2D eigenvalue weighted by Crippen LogP contribution is 2.21. The van der Waals surface area contributed by atoms with Crippen LogP contribution in [0.5, 0.6) is 5.75 Å². The lowest BCUT2D eigenvalue weighted by molar-refractivity contribution is -0.139. The van der Waals surface area contributed by atoms with Crippen LogP contribution in [0.2, 0.25) is 0 Å². The molecule has 1 aliphatic rings. The van der Waals surface area contributed by atoms with Crippen molar-refractivity contribution in [2.45, 2.75) is 32.7 Å². The van der Waals surface area contributed by atoms with Gasteiger partial charge in [-0.3, -0.25) is 19.3 Å². The molecule has 1 N–H and O–H groups in total. The van der Waals surface area contributed by atoms with Crippen molar-refractivity contribution in [1.82, 2.24) is 4.90 Å². The highest BCUT2D eigenvalue weighted by atomic mass is 16.5. The van der Waals surface area contributed by atoms with Gasteiger partial charge in [0.05, 0.1) is 20.1 Å². The first kappa shape index (κ1) is 18.6. The van der Waals surface area contributed by atoms with Crippen LogP contribution in [0.1, 0.15) is 29.5 Å². The van der Waals surface area contributed by atoms with Gasteiger partial charge < -0.3 is 10.1 Å². The van der Waals surface area contributed by atoms with Crippen LogP contribution in [0.3, 0.4) is 0 Å². The maximum Gasteiger partial charge on any atom is 0.229 e. The van der Waals surface area contributed by atoms with Gasteiger partial charge in [-0.2, -0.15) is 0 Å². The van der Waals surface area contributed by atoms with E-state index in [1.807, 2.05) is 37.3 Å². The molecular formula is C21H22N2O4. The van der Waals surface area contributed by atoms with Crippen molar-refractivity contribution in [3.63, 3.8) is 0 Å². The SMILES string of the molecule is COc1ccc(C)cc1CC(=O)Nc1ccc(CN2C(=O)CCC2=O)cc1. The number of hydrogen-bond donors (Lipinski definition) is 1. The number of imide groups is 1. The number of nitrogens with one attached hydrogen (secondary N) is 1. The maximum atomic E-state index is 12.3. The van der Waals surface area contributed by atoms with Gasteiger partial charge in [-0.15, -0.1) is 0 Å². The van der Waals surface area contributed by atoms with Gasteiger partial charge in [-0.25, -0.2) is 0 Å². The number of hydrogen-bond acceptors (Lipinski definition) is 4. The topological polar surface area (TPSA) is 75.7 Å². The van der Waals surface area contributed by atoms with Gasteiger partial charge in [0.2, 0.25) is 17.7 Å². The van der Waals surface area contributed by atoms with Crippen LogP contribution in [0.4, 0.5) is 5.69 Å². The molecule has 1 heterocycles. The molecule has 3 rings (SSSR count). The zero-order valence-electron chi connectivity index (χ0n) is 15.5. The van der Waals surface area contributed by atoms with E-state index in [1.54, 1.807) is 19.2 Å². The number of methoxy groups -OCH3 is 1. The highest BCUT2D eigenvalue weighted by molar-refractivity contribution is 6.01. The molecule has 0 saturated carbocycles. The Hall–Kier alpha value is -3.15. The number of aryl methyl sites for hydroxylation is 1. The minimum atomic E-state index is -0.142. The summed E-state index contributed by atoms with van der Waals surface area (Å²) in [4.78, 5) is 37.0. The fraction of sp³-hybridized carbons (Fsp3) is 0.286. The first-order valence-electron chi connectivity index (χ1n) is 8.82. The number of anilines is 1. The van der Waals surface area contributed by atoms with E-state index in [4.69, 9.17) is 4.74 Å². The monoisotopic (exact) mass is 366 g/mol. The van der Waals surface area contributed by atoms with Crippen LogP contribution in [-0.2, 0) is 27.3 Å². The largest absolute Gasteiger partial charge is 0.496 e. The van der Waals surface area contributed by atoms with Gasteiger partial charge in [0.1, 0.15) is 5.75 Å². The molecule has 1 saturated heterocycles. The molecule has 0 spiro atoms. The molecule has 2 aromatic carbocycles. The lowest BCUT2D eigenvalue weighted by atomic mass is 10.1. The Morgan fingerprint density at radius 2 is 1.74 bits per heavy atom. The fourth-order valence-corrected chi connectivity index (χ4v) is 3.10. The number of rotatable bonds is 6. The molecule has 140 valence electrons. The van der Waals surface area contributed by atoms with Crippen LogP contribution in [0.25, 0.3) is 0 Å². The Bertz CT molecular complexity index is 858. The summed E-state index contributed by atoms with van der Waals surface area (Å²) in [5.41, 5.74) is 3.40. The second-order valence-corrected chi connectivity index (χ2v) is 6.61. The van der Waals surface area contributed by atoms with Crippen molar-refractivity contribution in [2.24, 2.45) is 0 Å². The molecule has 0 radical (unpaired) electrons. The Balaban J connectivity index is 1.61. The van der Waals surface area contributed by atoms with Crippen LogP contribution in [0, 0.1) is 6.92 Å². The Kier molecular flexibility index (Phi) is 5.54. The molecule has 0 aliphatic carbocycles. The van der Waals surface area contributed by atoms with E-state index in [-0.39, 0.29) is 43.5 Å². The zero-order valence-corrected chi connectivity index (χ0v) is 15.5. The maximum absolute atomic E-state index is 12.3. The Labute approximate surface area is 158 Å². The smallest absolute Gasteiger partial charge is 0.229 e. The van der Waals surface area contributed by atoms with E-state index < -0.39 is 0 Å². The number of carbonyl (C=O) groups excluding carboxylic acids is 3. The van der Waals surface area contributed by atoms with Crippen molar-refractivity contribution in [3.05, 3.63) is 59.2 Å². The standard InChI is InChI=1S/C21H22N2O4/c1-14-3-8-18(27-2)16(11-14)12-19(24)22-17-6-4-15(5-7-17)13-23-20(25)9-10-21(23)26/h3-8,11H,9-10,12-13H2,1-2H3,(H,22,24). The third kappa shape index (κ3) is 4.53. The first-order chi connectivity index (χ1) is 13.0. The molecule has 0 bridgehead atoms. The molecule has 0 unspecified atom stereocenters. The van der Waals surface area contributed by atoms with Gasteiger partial charge in [-0.05, 0) is 30.7 Å². The summed E-state index contributed by atoms with van der Waals surface area (Å²) in [6, 6.07) is 12.9. The molecular weight excluding hydrogens is 344 g/mol. The van der Waals surface area contributed by atoms with Crippen molar-refractivity contribution in [1.29, 1.82) is 0 Å². The first-order valence-corrected chi connectivity index (χ1v) is 8.82. The summed E-state index contributed by atoms with van der Waals surface area (Å²) >= 11 is 0. The highest BCUT2D eigenvalue weighted by Gasteiger charge is 2.28. The number of likely N-dealkylation sites (tertiary alicyclic amines) is 1. The van der Waals surface area contributed by atoms with Crippen LogP contribution in [0.15, 0.2) is 42.5 Å². The van der Waals surface area contributed by atoms with E-state index >= 15 is 0 Å². The summed E-state index contributed by atoms with van der Waals surface area (Å²) in [6.07, 6.45) is 0.786. The summed E-state index contributed by atoms with van der Waals surface area (Å²) in [6.45, 7) is 2.24. The van der Waals surface area contributed by atoms with E-state index in [0.717, 1.165) is 16.7 Å². The number of benzene rings is 2. The third-order valence-electron chi connectivity index (χ3n) is 4.52. The number of carbonyl (C=O) groups is 3. The van der Waals surface area contributed by atoms with E-state index in [2.05, 4.69) is 5.32 Å². The predicted octanol–water partition coefficient (Wildman–Crippen LogP) is 2.83. The van der Waals surface area contributed by atoms with Gasteiger partial charge in [-0.1, -0.05) is 29.8 Å². The molecule has 1 fully saturated rings. The van der Waals surface area contributed by atoms with Crippen LogP contribution >= 0.6 is 0 Å². The van der Waals surface area contributed by atoms with Gasteiger partial charge in [0, 0.05) is 24.1 Å². The van der Waals surface area contributed by atoms with Gasteiger partial charge >= 0.3 is 0 Å². The van der Waals surface area contributed by atoms with Crippen molar-refractivity contribution in [2.75, 3.05) is 12.4 Å².